The molecular formula is C7H6BrN3O. The second-order valence-electron chi connectivity index (χ2n) is 2.02. The first kappa shape index (κ1) is 8.81. The van der Waals surface area contributed by atoms with Gasteiger partial charge in [-0.25, -0.2) is 4.98 Å². The van der Waals surface area contributed by atoms with Crippen molar-refractivity contribution in [3.8, 4) is 11.9 Å². The monoisotopic (exact) mass is 227 g/mol. The summed E-state index contributed by atoms with van der Waals surface area (Å²) < 4.78 is 5.43. The first-order chi connectivity index (χ1) is 5.70. The Morgan fingerprint density at radius 1 is 1.75 bits per heavy atom. The molecule has 4 nitrogen and oxygen atoms in total. The number of hydrogen-bond acceptors (Lipinski definition) is 4. The molecule has 1 heterocycles. The third-order valence-electron chi connectivity index (χ3n) is 1.34. The van der Waals surface area contributed by atoms with Crippen molar-refractivity contribution in [3.05, 3.63) is 16.2 Å². The zero-order valence-corrected chi connectivity index (χ0v) is 7.92. The molecule has 0 unspecified atom stereocenters. The number of nitrogen functional groups attached to an aromatic ring is 1. The summed E-state index contributed by atoms with van der Waals surface area (Å²) in [7, 11) is 1.44. The Morgan fingerprint density at radius 3 is 2.92 bits per heavy atom. The minimum absolute atomic E-state index is 0.248. The fraction of sp³-hybridized carbons (Fsp3) is 0.143. The topological polar surface area (TPSA) is 71.9 Å². The molecule has 0 spiro atoms. The zero-order chi connectivity index (χ0) is 9.14. The molecule has 5 heteroatoms. The number of anilines is 1. The summed E-state index contributed by atoms with van der Waals surface area (Å²) in [6.07, 6.45) is 1.50. The van der Waals surface area contributed by atoms with E-state index in [0.717, 1.165) is 0 Å². The highest BCUT2D eigenvalue weighted by Crippen LogP contribution is 2.27. The van der Waals surface area contributed by atoms with Crippen molar-refractivity contribution in [1.82, 2.24) is 4.98 Å². The van der Waals surface area contributed by atoms with Crippen LogP contribution < -0.4 is 10.5 Å². The summed E-state index contributed by atoms with van der Waals surface area (Å²) in [6, 6.07) is 1.91. The minimum atomic E-state index is 0.248. The van der Waals surface area contributed by atoms with Gasteiger partial charge in [-0.05, 0) is 15.9 Å². The van der Waals surface area contributed by atoms with Gasteiger partial charge in [0.15, 0.2) is 0 Å². The fourth-order valence-electron chi connectivity index (χ4n) is 0.747. The summed E-state index contributed by atoms with van der Waals surface area (Å²) in [5.74, 6) is 0.248. The summed E-state index contributed by atoms with van der Waals surface area (Å²) in [4.78, 5) is 3.86. The molecule has 0 amide bonds. The molecule has 0 aliphatic heterocycles. The predicted octanol–water partition coefficient (Wildman–Crippen LogP) is 1.31. The van der Waals surface area contributed by atoms with Crippen LogP contribution in [0.15, 0.2) is 10.7 Å². The van der Waals surface area contributed by atoms with Gasteiger partial charge in [0.05, 0.1) is 17.3 Å². The second kappa shape index (κ2) is 3.41. The number of hydrogen-bond donors (Lipinski definition) is 1. The van der Waals surface area contributed by atoms with Gasteiger partial charge in [0, 0.05) is 6.20 Å². The molecule has 0 radical (unpaired) electrons. The number of ether oxygens (including phenoxy) is 1. The summed E-state index contributed by atoms with van der Waals surface area (Å²) in [6.45, 7) is 0. The highest BCUT2D eigenvalue weighted by molar-refractivity contribution is 9.10. The van der Waals surface area contributed by atoms with Crippen molar-refractivity contribution in [3.63, 3.8) is 0 Å². The highest BCUT2D eigenvalue weighted by Gasteiger charge is 2.10. The summed E-state index contributed by atoms with van der Waals surface area (Å²) >= 11 is 3.16. The molecule has 0 aliphatic rings. The van der Waals surface area contributed by atoms with Crippen LogP contribution in [0.5, 0.6) is 5.88 Å². The van der Waals surface area contributed by atoms with Gasteiger partial charge in [-0.2, -0.15) is 5.26 Å². The molecule has 1 rings (SSSR count). The van der Waals surface area contributed by atoms with Gasteiger partial charge in [0.2, 0.25) is 5.88 Å². The van der Waals surface area contributed by atoms with Crippen LogP contribution in [0.4, 0.5) is 5.69 Å². The van der Waals surface area contributed by atoms with Crippen LogP contribution in [-0.4, -0.2) is 12.1 Å². The van der Waals surface area contributed by atoms with Gasteiger partial charge in [-0.3, -0.25) is 0 Å². The van der Waals surface area contributed by atoms with E-state index < -0.39 is 0 Å². The second-order valence-corrected chi connectivity index (χ2v) is 2.87. The number of halogens is 1. The highest BCUT2D eigenvalue weighted by atomic mass is 79.9. The van der Waals surface area contributed by atoms with Crippen LogP contribution in [-0.2, 0) is 0 Å². The maximum Gasteiger partial charge on any atom is 0.233 e. The van der Waals surface area contributed by atoms with Crippen LogP contribution in [0.2, 0.25) is 0 Å². The lowest BCUT2D eigenvalue weighted by Crippen LogP contribution is -1.98. The van der Waals surface area contributed by atoms with E-state index >= 15 is 0 Å². The number of nitriles is 1. The molecule has 0 aromatic carbocycles. The fourth-order valence-corrected chi connectivity index (χ4v) is 1.05. The molecule has 2 N–H and O–H groups in total. The Balaban J connectivity index is 3.38. The van der Waals surface area contributed by atoms with Gasteiger partial charge in [0.25, 0.3) is 0 Å². The molecule has 0 aliphatic carbocycles. The summed E-state index contributed by atoms with van der Waals surface area (Å²) in [5.41, 5.74) is 6.19. The van der Waals surface area contributed by atoms with Crippen LogP contribution in [0.3, 0.4) is 0 Å². The van der Waals surface area contributed by atoms with E-state index in [1.165, 1.54) is 13.3 Å². The number of methoxy groups -OCH3 is 1. The summed E-state index contributed by atoms with van der Waals surface area (Å²) in [5, 5.41) is 8.68. The van der Waals surface area contributed by atoms with Crippen molar-refractivity contribution in [2.75, 3.05) is 12.8 Å². The lowest BCUT2D eigenvalue weighted by atomic mass is 10.2. The molecule has 62 valence electrons. The Kier molecular flexibility index (Phi) is 2.51. The number of nitrogens with zero attached hydrogens (tertiary/aromatic N) is 2. The van der Waals surface area contributed by atoms with Gasteiger partial charge in [-0.1, -0.05) is 0 Å². The Morgan fingerprint density at radius 2 is 2.42 bits per heavy atom. The normalized spacial score (nSPS) is 9.08. The number of rotatable bonds is 1. The Hall–Kier alpha value is -1.28. The quantitative estimate of drug-likeness (QED) is 0.786. The zero-order valence-electron chi connectivity index (χ0n) is 6.34. The first-order valence-electron chi connectivity index (χ1n) is 3.08. The lowest BCUT2D eigenvalue weighted by molar-refractivity contribution is 0.396. The standard InChI is InChI=1S/C7H6BrN3O/c1-12-7-4(2-9)6(10)5(8)3-11-7/h3H,1H3,(H2,10,11). The van der Waals surface area contributed by atoms with E-state index in [1.54, 1.807) is 0 Å². The van der Waals surface area contributed by atoms with E-state index in [2.05, 4.69) is 20.9 Å². The van der Waals surface area contributed by atoms with E-state index in [0.29, 0.717) is 10.2 Å². The molecule has 0 fully saturated rings. The van der Waals surface area contributed by atoms with Crippen molar-refractivity contribution >= 4 is 21.6 Å². The number of aromatic nitrogens is 1. The van der Waals surface area contributed by atoms with Crippen LogP contribution in [0.25, 0.3) is 0 Å². The molecule has 1 aromatic heterocycles. The molecule has 12 heavy (non-hydrogen) atoms. The first-order valence-corrected chi connectivity index (χ1v) is 3.88. The van der Waals surface area contributed by atoms with Crippen molar-refractivity contribution in [1.29, 1.82) is 5.26 Å². The van der Waals surface area contributed by atoms with Gasteiger partial charge >= 0.3 is 0 Å². The Labute approximate surface area is 78.1 Å². The van der Waals surface area contributed by atoms with Gasteiger partial charge in [0.1, 0.15) is 11.6 Å². The molecular weight excluding hydrogens is 222 g/mol. The maximum atomic E-state index is 8.68. The number of nitrogens with two attached hydrogens (primary N) is 1. The van der Waals surface area contributed by atoms with Crippen LogP contribution in [0.1, 0.15) is 5.56 Å². The van der Waals surface area contributed by atoms with E-state index in [9.17, 15) is 0 Å². The van der Waals surface area contributed by atoms with Crippen molar-refractivity contribution in [2.24, 2.45) is 0 Å². The molecule has 0 atom stereocenters. The molecule has 0 saturated carbocycles. The minimum Gasteiger partial charge on any atom is -0.480 e. The third kappa shape index (κ3) is 1.34. The smallest absolute Gasteiger partial charge is 0.233 e. The van der Waals surface area contributed by atoms with Crippen molar-refractivity contribution in [2.45, 2.75) is 0 Å². The average Bonchev–Trinajstić information content (AvgIpc) is 2.09. The van der Waals surface area contributed by atoms with E-state index in [4.69, 9.17) is 15.7 Å². The predicted molar refractivity (Wildman–Crippen MR) is 47.6 cm³/mol. The average molecular weight is 228 g/mol. The Bertz CT molecular complexity index is 345. The third-order valence-corrected chi connectivity index (χ3v) is 1.97. The van der Waals surface area contributed by atoms with E-state index in [-0.39, 0.29) is 11.4 Å². The number of pyridine rings is 1. The van der Waals surface area contributed by atoms with Crippen molar-refractivity contribution < 1.29 is 4.74 Å². The molecule has 0 saturated heterocycles. The molecule has 0 bridgehead atoms. The van der Waals surface area contributed by atoms with Gasteiger partial charge in [-0.15, -0.1) is 0 Å². The SMILES string of the molecule is COc1ncc(Br)c(N)c1C#N. The van der Waals surface area contributed by atoms with E-state index in [1.807, 2.05) is 6.07 Å². The van der Waals surface area contributed by atoms with Crippen LogP contribution in [0, 0.1) is 11.3 Å². The molecule has 1 aromatic rings. The van der Waals surface area contributed by atoms with Crippen LogP contribution >= 0.6 is 15.9 Å². The van der Waals surface area contributed by atoms with Gasteiger partial charge < -0.3 is 10.5 Å². The lowest BCUT2D eigenvalue weighted by Gasteiger charge is -2.04. The largest absolute Gasteiger partial charge is 0.480 e. The maximum absolute atomic E-state index is 8.68.